The molecule has 1 aliphatic rings. The molecule has 23 heavy (non-hydrogen) atoms. The summed E-state index contributed by atoms with van der Waals surface area (Å²) in [6.45, 7) is 1.80. The van der Waals surface area contributed by atoms with Gasteiger partial charge in [-0.15, -0.1) is 11.3 Å². The molecule has 1 aromatic carbocycles. The van der Waals surface area contributed by atoms with Crippen molar-refractivity contribution in [1.29, 1.82) is 0 Å². The number of thiophene rings is 1. The van der Waals surface area contributed by atoms with E-state index in [2.05, 4.69) is 15.9 Å². The summed E-state index contributed by atoms with van der Waals surface area (Å²) in [4.78, 5) is 15.7. The lowest BCUT2D eigenvalue weighted by atomic mass is 10.1. The molecule has 0 saturated carbocycles. The Hall–Kier alpha value is -1.24. The van der Waals surface area contributed by atoms with Gasteiger partial charge in [-0.3, -0.25) is 4.79 Å². The van der Waals surface area contributed by atoms with Gasteiger partial charge in [0, 0.05) is 28.1 Å². The molecule has 1 aliphatic heterocycles. The summed E-state index contributed by atoms with van der Waals surface area (Å²) in [6.07, 6.45) is 2.05. The Balaban J connectivity index is 1.81. The van der Waals surface area contributed by atoms with Crippen molar-refractivity contribution in [2.45, 2.75) is 25.5 Å². The van der Waals surface area contributed by atoms with Crippen molar-refractivity contribution in [2.24, 2.45) is 0 Å². The van der Waals surface area contributed by atoms with E-state index in [0.717, 1.165) is 24.3 Å². The van der Waals surface area contributed by atoms with Crippen molar-refractivity contribution < 1.29 is 13.9 Å². The Bertz CT molecular complexity index is 651. The zero-order chi connectivity index (χ0) is 16.2. The van der Waals surface area contributed by atoms with Crippen molar-refractivity contribution in [3.05, 3.63) is 56.4 Å². The van der Waals surface area contributed by atoms with Gasteiger partial charge in [0.1, 0.15) is 5.82 Å². The Labute approximate surface area is 147 Å². The molecule has 1 saturated heterocycles. The summed E-state index contributed by atoms with van der Waals surface area (Å²) >= 11 is 4.86. The third-order valence-corrected chi connectivity index (χ3v) is 5.09. The van der Waals surface area contributed by atoms with E-state index in [1.807, 2.05) is 17.5 Å². The van der Waals surface area contributed by atoms with Crippen LogP contribution in [0.2, 0.25) is 0 Å². The number of ether oxygens (including phenoxy) is 1. The quantitative estimate of drug-likeness (QED) is 0.744. The molecule has 0 spiro atoms. The second kappa shape index (κ2) is 7.55. The normalized spacial score (nSPS) is 17.4. The first-order chi connectivity index (χ1) is 11.1. The van der Waals surface area contributed by atoms with Crippen LogP contribution in [0.5, 0.6) is 0 Å². The highest BCUT2D eigenvalue weighted by Gasteiger charge is 2.24. The molecule has 0 aliphatic carbocycles. The monoisotopic (exact) mass is 397 g/mol. The van der Waals surface area contributed by atoms with Gasteiger partial charge in [0.2, 0.25) is 0 Å². The minimum absolute atomic E-state index is 0.0657. The second-order valence-electron chi connectivity index (χ2n) is 5.56. The lowest BCUT2D eigenvalue weighted by Gasteiger charge is -2.25. The Morgan fingerprint density at radius 1 is 1.43 bits per heavy atom. The van der Waals surface area contributed by atoms with Gasteiger partial charge < -0.3 is 9.64 Å². The molecule has 1 unspecified atom stereocenters. The molecule has 3 rings (SSSR count). The van der Waals surface area contributed by atoms with Gasteiger partial charge in [-0.2, -0.15) is 0 Å². The number of hydrogen-bond donors (Lipinski definition) is 0. The molecule has 0 N–H and O–H groups in total. The lowest BCUT2D eigenvalue weighted by molar-refractivity contribution is 0.0509. The molecule has 1 aromatic heterocycles. The minimum Gasteiger partial charge on any atom is -0.376 e. The fourth-order valence-corrected chi connectivity index (χ4v) is 3.89. The summed E-state index contributed by atoms with van der Waals surface area (Å²) in [5, 5.41) is 1.99. The van der Waals surface area contributed by atoms with E-state index in [1.54, 1.807) is 22.3 Å². The predicted molar refractivity (Wildman–Crippen MR) is 92.1 cm³/mol. The van der Waals surface area contributed by atoms with Gasteiger partial charge in [-0.25, -0.2) is 4.39 Å². The summed E-state index contributed by atoms with van der Waals surface area (Å²) < 4.78 is 19.8. The summed E-state index contributed by atoms with van der Waals surface area (Å²) in [6, 6.07) is 8.25. The highest BCUT2D eigenvalue weighted by molar-refractivity contribution is 9.10. The molecular weight excluding hydrogens is 381 g/mol. The van der Waals surface area contributed by atoms with Crippen LogP contribution in [0.15, 0.2) is 40.2 Å². The number of benzene rings is 1. The Morgan fingerprint density at radius 3 is 2.96 bits per heavy atom. The zero-order valence-electron chi connectivity index (χ0n) is 12.5. The van der Waals surface area contributed by atoms with Gasteiger partial charge in [0.05, 0.1) is 12.6 Å². The van der Waals surface area contributed by atoms with Crippen LogP contribution in [-0.2, 0) is 11.3 Å². The van der Waals surface area contributed by atoms with Crippen molar-refractivity contribution in [1.82, 2.24) is 4.90 Å². The van der Waals surface area contributed by atoms with Crippen LogP contribution < -0.4 is 0 Å². The number of carbonyl (C=O) groups is 1. The van der Waals surface area contributed by atoms with Crippen molar-refractivity contribution in [3.63, 3.8) is 0 Å². The molecule has 1 atom stereocenters. The highest BCUT2D eigenvalue weighted by atomic mass is 79.9. The third-order valence-electron chi connectivity index (χ3n) is 3.77. The lowest BCUT2D eigenvalue weighted by Crippen LogP contribution is -2.36. The maximum atomic E-state index is 13.6. The standard InChI is InChI=1S/C17H17BrFNO2S/c18-13-7-12(8-14(19)9-13)17(21)20(10-15-3-1-5-22-15)11-16-4-2-6-23-16/h2,4,6-9,15H,1,3,5,10-11H2. The van der Waals surface area contributed by atoms with E-state index in [0.29, 0.717) is 23.1 Å². The van der Waals surface area contributed by atoms with Crippen molar-refractivity contribution in [3.8, 4) is 0 Å². The van der Waals surface area contributed by atoms with E-state index in [4.69, 9.17) is 4.74 Å². The van der Waals surface area contributed by atoms with Crippen LogP contribution in [0.25, 0.3) is 0 Å². The fourth-order valence-electron chi connectivity index (χ4n) is 2.70. The number of carbonyl (C=O) groups excluding carboxylic acids is 1. The first-order valence-corrected chi connectivity index (χ1v) is 9.18. The number of hydrogen-bond acceptors (Lipinski definition) is 3. The zero-order valence-corrected chi connectivity index (χ0v) is 14.9. The molecule has 1 amide bonds. The minimum atomic E-state index is -0.420. The van der Waals surface area contributed by atoms with Crippen LogP contribution in [-0.4, -0.2) is 30.1 Å². The van der Waals surface area contributed by atoms with Gasteiger partial charge in [-0.05, 0) is 42.5 Å². The molecule has 6 heteroatoms. The maximum absolute atomic E-state index is 13.6. The SMILES string of the molecule is O=C(c1cc(F)cc(Br)c1)N(Cc1cccs1)CC1CCCO1. The first-order valence-electron chi connectivity index (χ1n) is 7.51. The first kappa shape index (κ1) is 16.6. The number of amides is 1. The molecular formula is C17H17BrFNO2S. The number of nitrogens with zero attached hydrogens (tertiary/aromatic N) is 1. The second-order valence-corrected chi connectivity index (χ2v) is 7.51. The summed E-state index contributed by atoms with van der Waals surface area (Å²) in [5.41, 5.74) is 0.353. The molecule has 0 bridgehead atoms. The Kier molecular flexibility index (Phi) is 5.46. The third kappa shape index (κ3) is 4.40. The Morgan fingerprint density at radius 2 is 2.30 bits per heavy atom. The summed E-state index contributed by atoms with van der Waals surface area (Å²) in [5.74, 6) is -0.593. The molecule has 122 valence electrons. The van der Waals surface area contributed by atoms with Crippen molar-refractivity contribution >= 4 is 33.2 Å². The fraction of sp³-hybridized carbons (Fsp3) is 0.353. The van der Waals surface area contributed by atoms with Crippen LogP contribution >= 0.6 is 27.3 Å². The van der Waals surface area contributed by atoms with Crippen LogP contribution in [0.4, 0.5) is 4.39 Å². The van der Waals surface area contributed by atoms with E-state index in [-0.39, 0.29) is 12.0 Å². The smallest absolute Gasteiger partial charge is 0.254 e. The molecule has 2 heterocycles. The molecule has 3 nitrogen and oxygen atoms in total. The molecule has 2 aromatic rings. The van der Waals surface area contributed by atoms with E-state index in [9.17, 15) is 9.18 Å². The average molecular weight is 398 g/mol. The van der Waals surface area contributed by atoms with Crippen LogP contribution in [0, 0.1) is 5.82 Å². The van der Waals surface area contributed by atoms with Crippen LogP contribution in [0.1, 0.15) is 28.1 Å². The largest absolute Gasteiger partial charge is 0.376 e. The summed E-state index contributed by atoms with van der Waals surface area (Å²) in [7, 11) is 0. The maximum Gasteiger partial charge on any atom is 0.254 e. The number of rotatable bonds is 5. The topological polar surface area (TPSA) is 29.5 Å². The average Bonchev–Trinajstić information content (AvgIpc) is 3.18. The van der Waals surface area contributed by atoms with Gasteiger partial charge in [-0.1, -0.05) is 22.0 Å². The predicted octanol–water partition coefficient (Wildman–Crippen LogP) is 4.47. The van der Waals surface area contributed by atoms with E-state index in [1.165, 1.54) is 12.1 Å². The molecule has 0 radical (unpaired) electrons. The van der Waals surface area contributed by atoms with Crippen molar-refractivity contribution in [2.75, 3.05) is 13.2 Å². The van der Waals surface area contributed by atoms with E-state index >= 15 is 0 Å². The van der Waals surface area contributed by atoms with Gasteiger partial charge in [0.15, 0.2) is 0 Å². The number of halogens is 2. The molecule has 1 fully saturated rings. The van der Waals surface area contributed by atoms with Gasteiger partial charge >= 0.3 is 0 Å². The van der Waals surface area contributed by atoms with Crippen LogP contribution in [0.3, 0.4) is 0 Å². The highest BCUT2D eigenvalue weighted by Crippen LogP contribution is 2.21. The van der Waals surface area contributed by atoms with Gasteiger partial charge in [0.25, 0.3) is 5.91 Å². The van der Waals surface area contributed by atoms with E-state index < -0.39 is 5.82 Å².